The molecule has 0 saturated carbocycles. The van der Waals surface area contributed by atoms with E-state index in [4.69, 9.17) is 17.3 Å². The number of hydrogen-bond donors (Lipinski definition) is 2. The second-order valence-electron chi connectivity index (χ2n) is 3.22. The first-order valence-electron chi connectivity index (χ1n) is 4.39. The Bertz CT molecular complexity index is 580. The van der Waals surface area contributed by atoms with E-state index < -0.39 is 11.8 Å². The van der Waals surface area contributed by atoms with E-state index in [1.54, 1.807) is 0 Å². The van der Waals surface area contributed by atoms with Crippen LogP contribution in [0.15, 0.2) is 12.1 Å². The number of carbonyl (C=O) groups is 1. The molecule has 1 aromatic heterocycles. The Balaban J connectivity index is 2.79. The minimum absolute atomic E-state index is 0.0369. The molecule has 2 aromatic rings. The summed E-state index contributed by atoms with van der Waals surface area (Å²) in [7, 11) is 1.23. The third-order valence-electron chi connectivity index (χ3n) is 2.26. The van der Waals surface area contributed by atoms with Gasteiger partial charge in [0, 0.05) is 10.9 Å². The number of nitrogen functional groups attached to an aromatic ring is 1. The molecule has 3 N–H and O–H groups in total. The number of carbonyl (C=O) groups excluding carboxylic acids is 1. The van der Waals surface area contributed by atoms with Crippen LogP contribution in [0.4, 0.5) is 10.2 Å². The Hall–Kier alpha value is -1.75. The third kappa shape index (κ3) is 1.49. The Labute approximate surface area is 95.1 Å². The maximum Gasteiger partial charge on any atom is 0.342 e. The first-order chi connectivity index (χ1) is 7.54. The van der Waals surface area contributed by atoms with Crippen LogP contribution in [-0.4, -0.2) is 18.1 Å². The Kier molecular flexibility index (Phi) is 2.47. The van der Waals surface area contributed by atoms with E-state index >= 15 is 0 Å². The molecule has 0 radical (unpaired) electrons. The van der Waals surface area contributed by atoms with Crippen molar-refractivity contribution in [3.05, 3.63) is 28.5 Å². The maximum atomic E-state index is 13.3. The van der Waals surface area contributed by atoms with Gasteiger partial charge in [-0.25, -0.2) is 9.18 Å². The lowest BCUT2D eigenvalue weighted by molar-refractivity contribution is 0.0604. The van der Waals surface area contributed by atoms with E-state index in [1.165, 1.54) is 13.2 Å². The standard InChI is InChI=1S/C10H8ClFN2O2/c1-16-10(15)8-4-2-6(12)5(11)3-7(4)14-9(8)13/h2-3,14H,13H2,1H3. The van der Waals surface area contributed by atoms with Crippen molar-refractivity contribution in [2.75, 3.05) is 12.8 Å². The van der Waals surface area contributed by atoms with Gasteiger partial charge in [0.2, 0.25) is 0 Å². The molecular weight excluding hydrogens is 235 g/mol. The second-order valence-corrected chi connectivity index (χ2v) is 3.62. The van der Waals surface area contributed by atoms with Gasteiger partial charge >= 0.3 is 5.97 Å². The first-order valence-corrected chi connectivity index (χ1v) is 4.77. The highest BCUT2D eigenvalue weighted by Crippen LogP contribution is 2.29. The average molecular weight is 243 g/mol. The van der Waals surface area contributed by atoms with Crippen LogP contribution in [-0.2, 0) is 4.74 Å². The number of halogens is 2. The molecule has 4 nitrogen and oxygen atoms in total. The van der Waals surface area contributed by atoms with Crippen molar-refractivity contribution in [1.82, 2.24) is 4.98 Å². The van der Waals surface area contributed by atoms with Crippen molar-refractivity contribution < 1.29 is 13.9 Å². The molecule has 1 heterocycles. The summed E-state index contributed by atoms with van der Waals surface area (Å²) >= 11 is 5.61. The number of ether oxygens (including phenoxy) is 1. The minimum atomic E-state index is -0.620. The molecule has 6 heteroatoms. The maximum absolute atomic E-state index is 13.3. The van der Waals surface area contributed by atoms with E-state index in [0.717, 1.165) is 6.07 Å². The number of hydrogen-bond acceptors (Lipinski definition) is 3. The van der Waals surface area contributed by atoms with Gasteiger partial charge in [-0.3, -0.25) is 0 Å². The van der Waals surface area contributed by atoms with E-state index in [0.29, 0.717) is 10.9 Å². The summed E-state index contributed by atoms with van der Waals surface area (Å²) in [5.74, 6) is -1.10. The Morgan fingerprint density at radius 3 is 2.88 bits per heavy atom. The fourth-order valence-electron chi connectivity index (χ4n) is 1.53. The number of nitrogens with one attached hydrogen (secondary N) is 1. The fourth-order valence-corrected chi connectivity index (χ4v) is 1.70. The summed E-state index contributed by atoms with van der Waals surface area (Å²) < 4.78 is 17.8. The summed E-state index contributed by atoms with van der Waals surface area (Å²) in [6.45, 7) is 0. The van der Waals surface area contributed by atoms with Gasteiger partial charge in [-0.05, 0) is 12.1 Å². The van der Waals surface area contributed by atoms with Gasteiger partial charge in [0.05, 0.1) is 12.1 Å². The normalized spacial score (nSPS) is 10.7. The lowest BCUT2D eigenvalue weighted by atomic mass is 10.1. The Morgan fingerprint density at radius 1 is 1.56 bits per heavy atom. The van der Waals surface area contributed by atoms with E-state index in [1.807, 2.05) is 0 Å². The van der Waals surface area contributed by atoms with Crippen LogP contribution in [0, 0.1) is 5.82 Å². The fraction of sp³-hybridized carbons (Fsp3) is 0.100. The van der Waals surface area contributed by atoms with Crippen molar-refractivity contribution in [2.24, 2.45) is 0 Å². The van der Waals surface area contributed by atoms with E-state index in [-0.39, 0.29) is 16.4 Å². The predicted molar refractivity (Wildman–Crippen MR) is 59.0 cm³/mol. The van der Waals surface area contributed by atoms with Crippen molar-refractivity contribution in [3.8, 4) is 0 Å². The number of aromatic amines is 1. The summed E-state index contributed by atoms with van der Waals surface area (Å²) in [6.07, 6.45) is 0. The molecule has 2 rings (SSSR count). The minimum Gasteiger partial charge on any atom is -0.465 e. The number of anilines is 1. The number of methoxy groups -OCH3 is 1. The molecule has 0 spiro atoms. The number of nitrogens with two attached hydrogens (primary N) is 1. The highest BCUT2D eigenvalue weighted by Gasteiger charge is 2.18. The molecule has 0 fully saturated rings. The van der Waals surface area contributed by atoms with Crippen LogP contribution < -0.4 is 5.73 Å². The van der Waals surface area contributed by atoms with Crippen molar-refractivity contribution >= 4 is 34.3 Å². The largest absolute Gasteiger partial charge is 0.465 e. The molecule has 0 aliphatic carbocycles. The van der Waals surface area contributed by atoms with Gasteiger partial charge in [0.1, 0.15) is 17.2 Å². The lowest BCUT2D eigenvalue weighted by Crippen LogP contribution is -2.03. The van der Waals surface area contributed by atoms with Crippen LogP contribution in [0.3, 0.4) is 0 Å². The molecule has 0 unspecified atom stereocenters. The summed E-state index contributed by atoms with van der Waals surface area (Å²) in [4.78, 5) is 14.2. The number of aromatic nitrogens is 1. The van der Waals surface area contributed by atoms with Gasteiger partial charge in [-0.15, -0.1) is 0 Å². The van der Waals surface area contributed by atoms with Gasteiger partial charge < -0.3 is 15.5 Å². The van der Waals surface area contributed by atoms with Crippen LogP contribution >= 0.6 is 11.6 Å². The number of H-pyrrole nitrogens is 1. The third-order valence-corrected chi connectivity index (χ3v) is 2.55. The second kappa shape index (κ2) is 3.68. The molecule has 0 amide bonds. The molecule has 0 aliphatic heterocycles. The highest BCUT2D eigenvalue weighted by atomic mass is 35.5. The van der Waals surface area contributed by atoms with Crippen molar-refractivity contribution in [2.45, 2.75) is 0 Å². The molecular formula is C10H8ClFN2O2. The Morgan fingerprint density at radius 2 is 2.25 bits per heavy atom. The van der Waals surface area contributed by atoms with E-state index in [2.05, 4.69) is 9.72 Å². The zero-order valence-corrected chi connectivity index (χ0v) is 9.06. The molecule has 0 bridgehead atoms. The predicted octanol–water partition coefficient (Wildman–Crippen LogP) is 2.33. The van der Waals surface area contributed by atoms with Gasteiger partial charge in [-0.1, -0.05) is 11.6 Å². The summed E-state index contributed by atoms with van der Waals surface area (Å²) in [5, 5.41) is 0.316. The van der Waals surface area contributed by atoms with Gasteiger partial charge in [-0.2, -0.15) is 0 Å². The zero-order chi connectivity index (χ0) is 11.9. The molecule has 0 saturated heterocycles. The quantitative estimate of drug-likeness (QED) is 0.754. The van der Waals surface area contributed by atoms with Gasteiger partial charge in [0.15, 0.2) is 0 Å². The summed E-state index contributed by atoms with van der Waals surface area (Å²) in [5.41, 5.74) is 6.22. The van der Waals surface area contributed by atoms with Crippen LogP contribution in [0.5, 0.6) is 0 Å². The highest BCUT2D eigenvalue weighted by molar-refractivity contribution is 6.31. The number of fused-ring (bicyclic) bond motifs is 1. The monoisotopic (exact) mass is 242 g/mol. The van der Waals surface area contributed by atoms with Crippen molar-refractivity contribution in [3.63, 3.8) is 0 Å². The number of esters is 1. The van der Waals surface area contributed by atoms with Crippen LogP contribution in [0.25, 0.3) is 10.9 Å². The number of benzene rings is 1. The van der Waals surface area contributed by atoms with Crippen LogP contribution in [0.2, 0.25) is 5.02 Å². The van der Waals surface area contributed by atoms with Crippen LogP contribution in [0.1, 0.15) is 10.4 Å². The van der Waals surface area contributed by atoms with E-state index in [9.17, 15) is 9.18 Å². The number of rotatable bonds is 1. The van der Waals surface area contributed by atoms with Crippen molar-refractivity contribution in [1.29, 1.82) is 0 Å². The average Bonchev–Trinajstić information content (AvgIpc) is 2.54. The van der Waals surface area contributed by atoms with Gasteiger partial charge in [0.25, 0.3) is 0 Å². The summed E-state index contributed by atoms with van der Waals surface area (Å²) in [6, 6.07) is 2.52. The molecule has 84 valence electrons. The molecule has 0 atom stereocenters. The zero-order valence-electron chi connectivity index (χ0n) is 8.30. The molecule has 16 heavy (non-hydrogen) atoms. The molecule has 0 aliphatic rings. The molecule has 1 aromatic carbocycles. The lowest BCUT2D eigenvalue weighted by Gasteiger charge is -1.99. The SMILES string of the molecule is COC(=O)c1c(N)[nH]c2cc(Cl)c(F)cc12. The topological polar surface area (TPSA) is 68.1 Å². The first kappa shape index (κ1) is 10.8. The smallest absolute Gasteiger partial charge is 0.342 e.